The molecule has 0 atom stereocenters. The maximum Gasteiger partial charge on any atom is 0.301 e. The van der Waals surface area contributed by atoms with Crippen LogP contribution in [0.15, 0.2) is 21.8 Å². The van der Waals surface area contributed by atoms with Crippen molar-refractivity contribution in [3.05, 3.63) is 27.0 Å². The molecule has 11 heavy (non-hydrogen) atoms. The first-order valence-corrected chi connectivity index (χ1v) is 3.84. The summed E-state index contributed by atoms with van der Waals surface area (Å²) in [6.45, 7) is 0. The number of aromatic nitrogens is 1. The number of halogens is 1. The number of hydrogen-bond acceptors (Lipinski definition) is 4. The lowest BCUT2D eigenvalue weighted by molar-refractivity contribution is -0.388. The van der Waals surface area contributed by atoms with Crippen LogP contribution in [0.3, 0.4) is 0 Å². The van der Waals surface area contributed by atoms with Crippen molar-refractivity contribution in [1.82, 2.24) is 4.98 Å². The van der Waals surface area contributed by atoms with E-state index in [1.807, 2.05) is 0 Å². The number of thiol groups is 1. The Kier molecular flexibility index (Phi) is 2.45. The SMILES string of the molecule is O=[N+]([O-])c1cncc(Br)c1S. The number of rotatable bonds is 1. The van der Waals surface area contributed by atoms with Gasteiger partial charge in [0.1, 0.15) is 6.20 Å². The molecule has 58 valence electrons. The van der Waals surface area contributed by atoms with Crippen molar-refractivity contribution in [2.45, 2.75) is 4.90 Å². The lowest BCUT2D eigenvalue weighted by Crippen LogP contribution is -1.90. The highest BCUT2D eigenvalue weighted by atomic mass is 79.9. The van der Waals surface area contributed by atoms with E-state index in [1.165, 1.54) is 6.20 Å². The van der Waals surface area contributed by atoms with Crippen LogP contribution in [0.2, 0.25) is 0 Å². The van der Waals surface area contributed by atoms with Gasteiger partial charge in [-0.3, -0.25) is 15.1 Å². The molecular formula is C5H3BrN2O2S. The molecule has 0 saturated carbocycles. The standard InChI is InChI=1S/C5H3BrN2O2S/c6-3-1-7-2-4(5(3)11)8(9)10/h1-2H,(H,7,11). The molecule has 1 heterocycles. The Morgan fingerprint density at radius 2 is 2.27 bits per heavy atom. The topological polar surface area (TPSA) is 56.0 Å². The van der Waals surface area contributed by atoms with Crippen molar-refractivity contribution in [3.8, 4) is 0 Å². The number of nitro groups is 1. The quantitative estimate of drug-likeness (QED) is 0.460. The smallest absolute Gasteiger partial charge is 0.258 e. The first-order valence-electron chi connectivity index (χ1n) is 2.60. The fourth-order valence-corrected chi connectivity index (χ4v) is 1.07. The van der Waals surface area contributed by atoms with Gasteiger partial charge in [-0.2, -0.15) is 0 Å². The molecule has 1 aromatic rings. The minimum absolute atomic E-state index is 0.0947. The van der Waals surface area contributed by atoms with E-state index in [-0.39, 0.29) is 5.69 Å². The predicted octanol–water partition coefficient (Wildman–Crippen LogP) is 2.04. The third kappa shape index (κ3) is 1.69. The van der Waals surface area contributed by atoms with Crippen LogP contribution in [0.4, 0.5) is 5.69 Å². The minimum Gasteiger partial charge on any atom is -0.258 e. The van der Waals surface area contributed by atoms with Crippen LogP contribution >= 0.6 is 28.6 Å². The molecule has 0 amide bonds. The van der Waals surface area contributed by atoms with E-state index in [9.17, 15) is 10.1 Å². The van der Waals surface area contributed by atoms with Gasteiger partial charge in [0.05, 0.1) is 14.3 Å². The van der Waals surface area contributed by atoms with Gasteiger partial charge in [-0.1, -0.05) is 0 Å². The summed E-state index contributed by atoms with van der Waals surface area (Å²) in [5.74, 6) is 0. The minimum atomic E-state index is -0.528. The highest BCUT2D eigenvalue weighted by Gasteiger charge is 2.12. The Morgan fingerprint density at radius 3 is 2.73 bits per heavy atom. The molecule has 1 rings (SSSR count). The molecule has 0 fully saturated rings. The van der Waals surface area contributed by atoms with Gasteiger partial charge in [0.2, 0.25) is 0 Å². The average molecular weight is 235 g/mol. The van der Waals surface area contributed by atoms with Crippen molar-refractivity contribution in [1.29, 1.82) is 0 Å². The zero-order chi connectivity index (χ0) is 8.43. The lowest BCUT2D eigenvalue weighted by Gasteiger charge is -1.95. The van der Waals surface area contributed by atoms with Crippen LogP contribution in [0.1, 0.15) is 0 Å². The number of pyridine rings is 1. The summed E-state index contributed by atoms with van der Waals surface area (Å²) in [5.41, 5.74) is -0.0947. The van der Waals surface area contributed by atoms with E-state index in [2.05, 4.69) is 33.5 Å². The molecular weight excluding hydrogens is 232 g/mol. The fourth-order valence-electron chi connectivity index (χ4n) is 0.552. The highest BCUT2D eigenvalue weighted by Crippen LogP contribution is 2.27. The van der Waals surface area contributed by atoms with E-state index in [1.54, 1.807) is 0 Å². The van der Waals surface area contributed by atoms with E-state index < -0.39 is 4.92 Å². The Hall–Kier alpha value is -0.620. The summed E-state index contributed by atoms with van der Waals surface area (Å²) in [6, 6.07) is 0. The maximum absolute atomic E-state index is 10.3. The monoisotopic (exact) mass is 234 g/mol. The summed E-state index contributed by atoms with van der Waals surface area (Å²) in [4.78, 5) is 13.7. The number of nitrogens with zero attached hydrogens (tertiary/aromatic N) is 2. The second-order valence-corrected chi connectivity index (χ2v) is 3.05. The number of hydrogen-bond donors (Lipinski definition) is 1. The second-order valence-electron chi connectivity index (χ2n) is 1.75. The zero-order valence-corrected chi connectivity index (χ0v) is 7.67. The molecule has 0 bridgehead atoms. The average Bonchev–Trinajstić information content (AvgIpc) is 1.94. The molecule has 0 aliphatic rings. The van der Waals surface area contributed by atoms with Crippen molar-refractivity contribution in [2.75, 3.05) is 0 Å². The molecule has 0 saturated heterocycles. The molecule has 0 N–H and O–H groups in total. The van der Waals surface area contributed by atoms with Crippen LogP contribution in [-0.4, -0.2) is 9.91 Å². The molecule has 4 nitrogen and oxygen atoms in total. The second kappa shape index (κ2) is 3.19. The summed E-state index contributed by atoms with van der Waals surface area (Å²) in [5, 5.41) is 10.3. The largest absolute Gasteiger partial charge is 0.301 e. The van der Waals surface area contributed by atoms with Gasteiger partial charge in [-0.05, 0) is 15.9 Å². The molecule has 0 aliphatic carbocycles. The maximum atomic E-state index is 10.3. The van der Waals surface area contributed by atoms with E-state index in [4.69, 9.17) is 0 Å². The van der Waals surface area contributed by atoms with Gasteiger partial charge >= 0.3 is 5.69 Å². The molecule has 0 spiro atoms. The van der Waals surface area contributed by atoms with Crippen molar-refractivity contribution >= 4 is 34.2 Å². The Balaban J connectivity index is 3.27. The lowest BCUT2D eigenvalue weighted by atomic mass is 10.4. The van der Waals surface area contributed by atoms with Crippen LogP contribution in [0.25, 0.3) is 0 Å². The fraction of sp³-hybridized carbons (Fsp3) is 0. The van der Waals surface area contributed by atoms with Crippen molar-refractivity contribution in [2.24, 2.45) is 0 Å². The summed E-state index contributed by atoms with van der Waals surface area (Å²) in [7, 11) is 0. The van der Waals surface area contributed by atoms with Crippen molar-refractivity contribution < 1.29 is 4.92 Å². The molecule has 0 unspecified atom stereocenters. The van der Waals surface area contributed by atoms with Gasteiger partial charge in [-0.15, -0.1) is 12.6 Å². The molecule has 0 aliphatic heterocycles. The van der Waals surface area contributed by atoms with Gasteiger partial charge in [-0.25, -0.2) is 0 Å². The van der Waals surface area contributed by atoms with Gasteiger partial charge in [0.25, 0.3) is 0 Å². The zero-order valence-electron chi connectivity index (χ0n) is 5.19. The Labute approximate surface area is 76.3 Å². The van der Waals surface area contributed by atoms with E-state index >= 15 is 0 Å². The third-order valence-electron chi connectivity index (χ3n) is 1.05. The first-order chi connectivity index (χ1) is 5.13. The van der Waals surface area contributed by atoms with Crippen LogP contribution in [0, 0.1) is 10.1 Å². The van der Waals surface area contributed by atoms with Gasteiger partial charge < -0.3 is 0 Å². The Bertz CT molecular complexity index is 305. The van der Waals surface area contributed by atoms with Crippen LogP contribution < -0.4 is 0 Å². The Morgan fingerprint density at radius 1 is 1.64 bits per heavy atom. The van der Waals surface area contributed by atoms with Gasteiger partial charge in [0.15, 0.2) is 0 Å². The molecule has 6 heteroatoms. The van der Waals surface area contributed by atoms with E-state index in [0.717, 1.165) is 6.20 Å². The van der Waals surface area contributed by atoms with Gasteiger partial charge in [0, 0.05) is 6.20 Å². The normalized spacial score (nSPS) is 9.64. The summed E-state index contributed by atoms with van der Waals surface area (Å²) >= 11 is 6.99. The van der Waals surface area contributed by atoms with Crippen molar-refractivity contribution in [3.63, 3.8) is 0 Å². The molecule has 0 aromatic carbocycles. The molecule has 0 radical (unpaired) electrons. The predicted molar refractivity (Wildman–Crippen MR) is 45.8 cm³/mol. The van der Waals surface area contributed by atoms with Crippen LogP contribution in [0.5, 0.6) is 0 Å². The summed E-state index contributed by atoms with van der Waals surface area (Å²) in [6.07, 6.45) is 2.61. The third-order valence-corrected chi connectivity index (χ3v) is 2.43. The van der Waals surface area contributed by atoms with E-state index in [0.29, 0.717) is 9.37 Å². The summed E-state index contributed by atoms with van der Waals surface area (Å²) < 4.78 is 0.523. The molecule has 1 aromatic heterocycles. The van der Waals surface area contributed by atoms with Crippen LogP contribution in [-0.2, 0) is 0 Å². The first kappa shape index (κ1) is 8.48. The highest BCUT2D eigenvalue weighted by molar-refractivity contribution is 9.10.